The zero-order chi connectivity index (χ0) is 14.3. The maximum absolute atomic E-state index is 10.1. The second kappa shape index (κ2) is 5.11. The number of ether oxygens (including phenoxy) is 1. The molecule has 108 valence electrons. The maximum atomic E-state index is 10.1. The Hall–Kier alpha value is -0.950. The minimum atomic E-state index is -0.872. The molecule has 1 N–H and O–H groups in total. The molecule has 7 heteroatoms. The Morgan fingerprint density at radius 1 is 1.50 bits per heavy atom. The van der Waals surface area contributed by atoms with E-state index < -0.39 is 5.60 Å². The first-order valence-corrected chi connectivity index (χ1v) is 7.68. The first-order chi connectivity index (χ1) is 9.45. The summed E-state index contributed by atoms with van der Waals surface area (Å²) in [6.07, 6.45) is 1.55. The predicted molar refractivity (Wildman–Crippen MR) is 80.5 cm³/mol. The Morgan fingerprint density at radius 2 is 2.30 bits per heavy atom. The Kier molecular flexibility index (Phi) is 3.58. The van der Waals surface area contributed by atoms with Crippen LogP contribution in [0.1, 0.15) is 18.7 Å². The van der Waals surface area contributed by atoms with Gasteiger partial charge in [-0.05, 0) is 19.9 Å². The number of hydrogen-bond acceptors (Lipinski definition) is 6. The maximum Gasteiger partial charge on any atom is 0.150 e. The lowest BCUT2D eigenvalue weighted by Crippen LogP contribution is -2.40. The zero-order valence-electron chi connectivity index (χ0n) is 11.3. The molecule has 3 rings (SSSR count). The molecule has 1 saturated heterocycles. The van der Waals surface area contributed by atoms with Crippen LogP contribution < -0.4 is 4.90 Å². The number of aliphatic hydroxyl groups is 1. The number of rotatable bonds is 2. The van der Waals surface area contributed by atoms with Crippen molar-refractivity contribution < 1.29 is 9.84 Å². The SMILES string of the molecule is CC(C)(O)c1cc2ncnc(N3CCOC(Cl)C3)c2s1. The van der Waals surface area contributed by atoms with Gasteiger partial charge in [0.1, 0.15) is 17.7 Å². The van der Waals surface area contributed by atoms with Gasteiger partial charge in [-0.15, -0.1) is 11.3 Å². The number of aromatic nitrogens is 2. The molecule has 0 saturated carbocycles. The Morgan fingerprint density at radius 3 is 3.00 bits per heavy atom. The molecule has 0 amide bonds. The smallest absolute Gasteiger partial charge is 0.150 e. The fourth-order valence-electron chi connectivity index (χ4n) is 2.17. The average molecular weight is 314 g/mol. The second-order valence-electron chi connectivity index (χ2n) is 5.31. The molecule has 0 spiro atoms. The molecule has 20 heavy (non-hydrogen) atoms. The van der Waals surface area contributed by atoms with E-state index in [1.54, 1.807) is 20.2 Å². The summed E-state index contributed by atoms with van der Waals surface area (Å²) in [4.78, 5) is 11.7. The van der Waals surface area contributed by atoms with Gasteiger partial charge in [0.15, 0.2) is 0 Å². The molecule has 1 aliphatic rings. The zero-order valence-corrected chi connectivity index (χ0v) is 12.9. The largest absolute Gasteiger partial charge is 0.385 e. The summed E-state index contributed by atoms with van der Waals surface area (Å²) >= 11 is 7.57. The lowest BCUT2D eigenvalue weighted by Gasteiger charge is -2.30. The number of alkyl halides is 1. The average Bonchev–Trinajstić information content (AvgIpc) is 2.82. The minimum absolute atomic E-state index is 0.317. The van der Waals surface area contributed by atoms with Crippen LogP contribution in [-0.2, 0) is 10.3 Å². The summed E-state index contributed by atoms with van der Waals surface area (Å²) in [5.74, 6) is 0.865. The van der Waals surface area contributed by atoms with Gasteiger partial charge in [0.2, 0.25) is 0 Å². The molecule has 1 aliphatic heterocycles. The monoisotopic (exact) mass is 313 g/mol. The Balaban J connectivity index is 2.04. The van der Waals surface area contributed by atoms with Crippen LogP contribution in [0.4, 0.5) is 5.82 Å². The molecule has 3 heterocycles. The third-order valence-corrected chi connectivity index (χ3v) is 4.92. The van der Waals surface area contributed by atoms with Crippen LogP contribution in [0.25, 0.3) is 10.2 Å². The number of hydrogen-bond donors (Lipinski definition) is 1. The molecular formula is C13H16ClN3O2S. The van der Waals surface area contributed by atoms with E-state index >= 15 is 0 Å². The highest BCUT2D eigenvalue weighted by Crippen LogP contribution is 2.36. The van der Waals surface area contributed by atoms with Gasteiger partial charge in [-0.25, -0.2) is 9.97 Å². The van der Waals surface area contributed by atoms with Crippen LogP contribution in [0.5, 0.6) is 0 Å². The summed E-state index contributed by atoms with van der Waals surface area (Å²) < 4.78 is 6.33. The van der Waals surface area contributed by atoms with Gasteiger partial charge in [0.25, 0.3) is 0 Å². The lowest BCUT2D eigenvalue weighted by molar-refractivity contribution is 0.0826. The molecule has 1 unspecified atom stereocenters. The second-order valence-corrected chi connectivity index (χ2v) is 6.85. The first kappa shape index (κ1) is 14.0. The molecule has 5 nitrogen and oxygen atoms in total. The van der Waals surface area contributed by atoms with Crippen molar-refractivity contribution in [1.29, 1.82) is 0 Å². The third kappa shape index (κ3) is 2.61. The van der Waals surface area contributed by atoms with Crippen molar-refractivity contribution >= 4 is 39.0 Å². The molecular weight excluding hydrogens is 298 g/mol. The van der Waals surface area contributed by atoms with Gasteiger partial charge >= 0.3 is 0 Å². The highest BCUT2D eigenvalue weighted by molar-refractivity contribution is 7.19. The Bertz CT molecular complexity index is 626. The molecule has 0 aliphatic carbocycles. The standard InChI is InChI=1S/C13H16ClN3O2S/c1-13(2,18)9-5-8-11(20-9)12(16-7-15-8)17-3-4-19-10(14)6-17/h5,7,10,18H,3-4,6H2,1-2H3. The predicted octanol–water partition coefficient (Wildman–Crippen LogP) is 2.32. The molecule has 2 aromatic rings. The number of halogens is 1. The fourth-order valence-corrected chi connectivity index (χ4v) is 3.55. The van der Waals surface area contributed by atoms with Crippen LogP contribution in [0.2, 0.25) is 0 Å². The minimum Gasteiger partial charge on any atom is -0.385 e. The number of nitrogens with zero attached hydrogens (tertiary/aromatic N) is 3. The summed E-state index contributed by atoms with van der Waals surface area (Å²) in [6.45, 7) is 5.49. The van der Waals surface area contributed by atoms with Crippen molar-refractivity contribution in [3.05, 3.63) is 17.3 Å². The molecule has 1 fully saturated rings. The van der Waals surface area contributed by atoms with Crippen molar-refractivity contribution in [2.45, 2.75) is 25.0 Å². The van der Waals surface area contributed by atoms with E-state index in [9.17, 15) is 5.11 Å². The lowest BCUT2D eigenvalue weighted by atomic mass is 10.1. The van der Waals surface area contributed by atoms with E-state index in [0.29, 0.717) is 13.2 Å². The van der Waals surface area contributed by atoms with Crippen molar-refractivity contribution in [3.63, 3.8) is 0 Å². The third-order valence-electron chi connectivity index (χ3n) is 3.22. The van der Waals surface area contributed by atoms with E-state index in [4.69, 9.17) is 16.3 Å². The van der Waals surface area contributed by atoms with Crippen LogP contribution in [0, 0.1) is 0 Å². The molecule has 0 radical (unpaired) electrons. The van der Waals surface area contributed by atoms with Crippen molar-refractivity contribution in [3.8, 4) is 0 Å². The molecule has 2 aromatic heterocycles. The molecule has 0 aromatic carbocycles. The highest BCUT2D eigenvalue weighted by Gasteiger charge is 2.25. The van der Waals surface area contributed by atoms with E-state index in [-0.39, 0.29) is 5.56 Å². The summed E-state index contributed by atoms with van der Waals surface area (Å²) in [6, 6.07) is 1.92. The van der Waals surface area contributed by atoms with Gasteiger partial charge in [-0.3, -0.25) is 0 Å². The summed E-state index contributed by atoms with van der Waals surface area (Å²) in [7, 11) is 0. The van der Waals surface area contributed by atoms with E-state index in [1.165, 1.54) is 11.3 Å². The van der Waals surface area contributed by atoms with Crippen molar-refractivity contribution in [1.82, 2.24) is 9.97 Å². The number of thiophene rings is 1. The van der Waals surface area contributed by atoms with E-state index in [0.717, 1.165) is 27.5 Å². The summed E-state index contributed by atoms with van der Waals surface area (Å²) in [5, 5.41) is 10.1. The quantitative estimate of drug-likeness (QED) is 0.862. The number of anilines is 1. The van der Waals surface area contributed by atoms with Crippen LogP contribution in [0.3, 0.4) is 0 Å². The van der Waals surface area contributed by atoms with Crippen molar-refractivity contribution in [2.24, 2.45) is 0 Å². The van der Waals surface area contributed by atoms with Crippen LogP contribution >= 0.6 is 22.9 Å². The number of morpholine rings is 1. The fraction of sp³-hybridized carbons (Fsp3) is 0.538. The highest BCUT2D eigenvalue weighted by atomic mass is 35.5. The van der Waals surface area contributed by atoms with Crippen molar-refractivity contribution in [2.75, 3.05) is 24.6 Å². The first-order valence-electron chi connectivity index (χ1n) is 6.43. The van der Waals surface area contributed by atoms with Gasteiger partial charge in [0, 0.05) is 11.4 Å². The van der Waals surface area contributed by atoms with Gasteiger partial charge in [-0.1, -0.05) is 11.6 Å². The molecule has 0 bridgehead atoms. The van der Waals surface area contributed by atoms with E-state index in [2.05, 4.69) is 14.9 Å². The number of fused-ring (bicyclic) bond motifs is 1. The molecule has 1 atom stereocenters. The van der Waals surface area contributed by atoms with Crippen LogP contribution in [-0.4, -0.2) is 40.3 Å². The van der Waals surface area contributed by atoms with Crippen LogP contribution in [0.15, 0.2) is 12.4 Å². The van der Waals surface area contributed by atoms with Gasteiger partial charge in [0.05, 0.1) is 29.0 Å². The normalized spacial score (nSPS) is 20.6. The Labute approximate surface area is 126 Å². The topological polar surface area (TPSA) is 58.5 Å². The summed E-state index contributed by atoms with van der Waals surface area (Å²) in [5.41, 5.74) is -0.333. The van der Waals surface area contributed by atoms with E-state index in [1.807, 2.05) is 6.07 Å². The van der Waals surface area contributed by atoms with Gasteiger partial charge < -0.3 is 14.7 Å². The van der Waals surface area contributed by atoms with Gasteiger partial charge in [-0.2, -0.15) is 0 Å².